The molecule has 0 fully saturated rings. The van der Waals surface area contributed by atoms with Crippen molar-refractivity contribution in [1.29, 1.82) is 0 Å². The lowest BCUT2D eigenvalue weighted by atomic mass is 10.1. The lowest BCUT2D eigenvalue weighted by Crippen LogP contribution is -2.28. The fourth-order valence-electron chi connectivity index (χ4n) is 1.47. The molecule has 0 aliphatic rings. The number of nitrogens with two attached hydrogens (primary N) is 1. The van der Waals surface area contributed by atoms with Crippen LogP contribution in [0.3, 0.4) is 0 Å². The van der Waals surface area contributed by atoms with Crippen LogP contribution in [-0.4, -0.2) is 17.0 Å². The quantitative estimate of drug-likeness (QED) is 0.892. The van der Waals surface area contributed by atoms with E-state index in [4.69, 9.17) is 10.5 Å². The van der Waals surface area contributed by atoms with Crippen molar-refractivity contribution < 1.29 is 14.3 Å². The van der Waals surface area contributed by atoms with Gasteiger partial charge in [-0.25, -0.2) is 9.78 Å². The lowest BCUT2D eigenvalue weighted by molar-refractivity contribution is -0.124. The average Bonchev–Trinajstić information content (AvgIpc) is 2.89. The van der Waals surface area contributed by atoms with Gasteiger partial charge in [0.15, 0.2) is 5.13 Å². The molecule has 1 heterocycles. The third kappa shape index (κ3) is 3.52. The lowest BCUT2D eigenvalue weighted by Gasteiger charge is -2.15. The van der Waals surface area contributed by atoms with Gasteiger partial charge < -0.3 is 10.5 Å². The molecule has 1 aromatic heterocycles. The van der Waals surface area contributed by atoms with E-state index < -0.39 is 18.1 Å². The van der Waals surface area contributed by atoms with E-state index in [1.807, 2.05) is 0 Å². The van der Waals surface area contributed by atoms with Crippen LogP contribution in [0.1, 0.15) is 11.7 Å². The molecule has 0 bridgehead atoms. The van der Waals surface area contributed by atoms with Crippen LogP contribution >= 0.6 is 11.3 Å². The molecule has 98 valence electrons. The zero-order chi connectivity index (χ0) is 13.7. The molecule has 2 aromatic rings. The van der Waals surface area contributed by atoms with Crippen LogP contribution < -0.4 is 11.1 Å². The summed E-state index contributed by atoms with van der Waals surface area (Å²) in [5.41, 5.74) is 5.53. The molecular formula is C12H11N3O3S. The van der Waals surface area contributed by atoms with Gasteiger partial charge in [0.25, 0.3) is 5.91 Å². The summed E-state index contributed by atoms with van der Waals surface area (Å²) in [5, 5.41) is 4.72. The predicted octanol–water partition coefficient (Wildman–Crippen LogP) is 1.92. The summed E-state index contributed by atoms with van der Waals surface area (Å²) in [6.45, 7) is 0. The monoisotopic (exact) mass is 277 g/mol. The van der Waals surface area contributed by atoms with Crippen molar-refractivity contribution >= 4 is 28.5 Å². The molecule has 0 spiro atoms. The Bertz CT molecular complexity index is 557. The summed E-state index contributed by atoms with van der Waals surface area (Å²) in [6, 6.07) is 8.63. The molecule has 1 aromatic carbocycles. The highest BCUT2D eigenvalue weighted by atomic mass is 32.1. The van der Waals surface area contributed by atoms with Crippen LogP contribution in [0, 0.1) is 0 Å². The van der Waals surface area contributed by atoms with Gasteiger partial charge in [0.05, 0.1) is 0 Å². The van der Waals surface area contributed by atoms with E-state index in [0.717, 1.165) is 0 Å². The second-order valence-corrected chi connectivity index (χ2v) is 4.45. The van der Waals surface area contributed by atoms with Crippen molar-refractivity contribution in [3.05, 3.63) is 47.5 Å². The van der Waals surface area contributed by atoms with Crippen molar-refractivity contribution in [2.24, 2.45) is 5.73 Å². The Labute approximate surface area is 113 Å². The minimum absolute atomic E-state index is 0.430. The van der Waals surface area contributed by atoms with Gasteiger partial charge in [-0.05, 0) is 0 Å². The van der Waals surface area contributed by atoms with E-state index in [9.17, 15) is 9.59 Å². The number of primary amides is 1. The maximum Gasteiger partial charge on any atom is 0.405 e. The maximum absolute atomic E-state index is 12.1. The Kier molecular flexibility index (Phi) is 4.09. The molecule has 0 aliphatic heterocycles. The molecule has 2 amide bonds. The van der Waals surface area contributed by atoms with E-state index in [1.54, 1.807) is 41.9 Å². The average molecular weight is 277 g/mol. The van der Waals surface area contributed by atoms with E-state index in [1.165, 1.54) is 11.3 Å². The first-order valence-electron chi connectivity index (χ1n) is 5.38. The zero-order valence-corrected chi connectivity index (χ0v) is 10.6. The summed E-state index contributed by atoms with van der Waals surface area (Å²) in [4.78, 5) is 26.9. The van der Waals surface area contributed by atoms with Gasteiger partial charge >= 0.3 is 6.09 Å². The first-order chi connectivity index (χ1) is 9.16. The number of nitrogens with zero attached hydrogens (tertiary/aromatic N) is 1. The molecule has 0 saturated heterocycles. The minimum atomic E-state index is -1.09. The third-order valence-electron chi connectivity index (χ3n) is 2.24. The second kappa shape index (κ2) is 5.96. The molecular weight excluding hydrogens is 266 g/mol. The number of carbonyl (C=O) groups is 2. The van der Waals surface area contributed by atoms with Crippen molar-refractivity contribution in [2.45, 2.75) is 6.10 Å². The van der Waals surface area contributed by atoms with E-state index in [0.29, 0.717) is 10.7 Å². The molecule has 0 saturated carbocycles. The smallest absolute Gasteiger partial charge is 0.405 e. The molecule has 2 rings (SSSR count). The van der Waals surface area contributed by atoms with Gasteiger partial charge in [-0.1, -0.05) is 30.3 Å². The number of carbonyl (C=O) groups excluding carboxylic acids is 2. The van der Waals surface area contributed by atoms with Crippen molar-refractivity contribution in [3.63, 3.8) is 0 Å². The molecule has 19 heavy (non-hydrogen) atoms. The number of benzene rings is 1. The SMILES string of the molecule is NC(=O)OC(C(=O)Nc1nccs1)c1ccccc1. The molecule has 0 radical (unpaired) electrons. The molecule has 3 N–H and O–H groups in total. The number of hydrogen-bond acceptors (Lipinski definition) is 5. The second-order valence-electron chi connectivity index (χ2n) is 3.55. The number of nitrogens with one attached hydrogen (secondary N) is 1. The zero-order valence-electron chi connectivity index (χ0n) is 9.78. The van der Waals surface area contributed by atoms with E-state index in [2.05, 4.69) is 10.3 Å². The standard InChI is InChI=1S/C12H11N3O3S/c13-11(17)18-9(8-4-2-1-3-5-8)10(16)15-12-14-6-7-19-12/h1-7,9H,(H2,13,17)(H,14,15,16). The summed E-state index contributed by atoms with van der Waals surface area (Å²) in [6.07, 6.45) is -0.544. The summed E-state index contributed by atoms with van der Waals surface area (Å²) >= 11 is 1.27. The van der Waals surface area contributed by atoms with E-state index in [-0.39, 0.29) is 0 Å². The van der Waals surface area contributed by atoms with Crippen LogP contribution in [0.15, 0.2) is 41.9 Å². The van der Waals surface area contributed by atoms with Gasteiger partial charge in [-0.2, -0.15) is 0 Å². The van der Waals surface area contributed by atoms with Crippen LogP contribution in [-0.2, 0) is 9.53 Å². The molecule has 6 nitrogen and oxygen atoms in total. The Morgan fingerprint density at radius 1 is 1.32 bits per heavy atom. The number of ether oxygens (including phenoxy) is 1. The van der Waals surface area contributed by atoms with Crippen LogP contribution in [0.5, 0.6) is 0 Å². The van der Waals surface area contributed by atoms with Crippen molar-refractivity contribution in [3.8, 4) is 0 Å². The third-order valence-corrected chi connectivity index (χ3v) is 2.93. The highest BCUT2D eigenvalue weighted by molar-refractivity contribution is 7.13. The predicted molar refractivity (Wildman–Crippen MR) is 70.6 cm³/mol. The number of aromatic nitrogens is 1. The maximum atomic E-state index is 12.1. The van der Waals surface area contributed by atoms with Gasteiger partial charge in [0, 0.05) is 17.1 Å². The number of anilines is 1. The topological polar surface area (TPSA) is 94.3 Å². The fourth-order valence-corrected chi connectivity index (χ4v) is 2.00. The number of thiazole rings is 1. The highest BCUT2D eigenvalue weighted by Gasteiger charge is 2.24. The van der Waals surface area contributed by atoms with Crippen LogP contribution in [0.4, 0.5) is 9.93 Å². The number of hydrogen-bond donors (Lipinski definition) is 2. The van der Waals surface area contributed by atoms with Gasteiger partial charge in [-0.15, -0.1) is 11.3 Å². The Morgan fingerprint density at radius 2 is 2.05 bits per heavy atom. The Morgan fingerprint density at radius 3 is 2.63 bits per heavy atom. The highest BCUT2D eigenvalue weighted by Crippen LogP contribution is 2.20. The normalized spacial score (nSPS) is 11.6. The van der Waals surface area contributed by atoms with Crippen molar-refractivity contribution in [1.82, 2.24) is 4.98 Å². The van der Waals surface area contributed by atoms with Crippen LogP contribution in [0.2, 0.25) is 0 Å². The minimum Gasteiger partial charge on any atom is -0.431 e. The van der Waals surface area contributed by atoms with Crippen LogP contribution in [0.25, 0.3) is 0 Å². The Balaban J connectivity index is 2.18. The van der Waals surface area contributed by atoms with Gasteiger partial charge in [0.2, 0.25) is 6.10 Å². The number of rotatable bonds is 4. The first kappa shape index (κ1) is 13.0. The number of amides is 2. The largest absolute Gasteiger partial charge is 0.431 e. The summed E-state index contributed by atoms with van der Waals surface area (Å²) < 4.78 is 4.85. The Hall–Kier alpha value is -2.41. The van der Waals surface area contributed by atoms with Gasteiger partial charge in [0.1, 0.15) is 0 Å². The molecule has 1 atom stereocenters. The summed E-state index contributed by atoms with van der Waals surface area (Å²) in [7, 11) is 0. The molecule has 7 heteroatoms. The summed E-state index contributed by atoms with van der Waals surface area (Å²) in [5.74, 6) is -0.500. The van der Waals surface area contributed by atoms with E-state index >= 15 is 0 Å². The molecule has 1 unspecified atom stereocenters. The van der Waals surface area contributed by atoms with Crippen molar-refractivity contribution in [2.75, 3.05) is 5.32 Å². The van der Waals surface area contributed by atoms with Gasteiger partial charge in [-0.3, -0.25) is 10.1 Å². The first-order valence-corrected chi connectivity index (χ1v) is 6.26. The fraction of sp³-hybridized carbons (Fsp3) is 0.0833. The molecule has 0 aliphatic carbocycles.